The first-order valence-electron chi connectivity index (χ1n) is 3.13. The van der Waals surface area contributed by atoms with E-state index in [4.69, 9.17) is 10.2 Å². The van der Waals surface area contributed by atoms with Crippen molar-refractivity contribution in [2.75, 3.05) is 0 Å². The standard InChI is InChI=1S/C7H6O6/c8-4(1-2-6(10)11)3-5(9)7(12)13/h1-2H,3H2,(H,10,11)(H,12,13). The Morgan fingerprint density at radius 1 is 1.00 bits per heavy atom. The second kappa shape index (κ2) is 4.81. The van der Waals surface area contributed by atoms with Gasteiger partial charge in [0.05, 0.1) is 6.42 Å². The minimum absolute atomic E-state index is 0.539. The number of carboxylic acid groups (broad SMARTS) is 2. The lowest BCUT2D eigenvalue weighted by Crippen LogP contribution is -2.15. The SMILES string of the molecule is O=C(O)C=CC(=O)CC(=O)C(=O)O. The van der Waals surface area contributed by atoms with Crippen LogP contribution in [-0.4, -0.2) is 33.7 Å². The lowest BCUT2D eigenvalue weighted by Gasteiger charge is -1.88. The monoisotopic (exact) mass is 186 g/mol. The van der Waals surface area contributed by atoms with Crippen LogP contribution in [-0.2, 0) is 19.2 Å². The number of carboxylic acids is 2. The van der Waals surface area contributed by atoms with E-state index >= 15 is 0 Å². The summed E-state index contributed by atoms with van der Waals surface area (Å²) in [4.78, 5) is 40.8. The molecule has 6 heteroatoms. The highest BCUT2D eigenvalue weighted by Crippen LogP contribution is 1.88. The summed E-state index contributed by atoms with van der Waals surface area (Å²) in [6, 6.07) is 0. The fourth-order valence-corrected chi connectivity index (χ4v) is 0.457. The van der Waals surface area contributed by atoms with Crippen LogP contribution >= 0.6 is 0 Å². The molecule has 0 radical (unpaired) electrons. The zero-order chi connectivity index (χ0) is 10.4. The van der Waals surface area contributed by atoms with Gasteiger partial charge in [0.15, 0.2) is 5.78 Å². The average molecular weight is 186 g/mol. The van der Waals surface area contributed by atoms with E-state index in [9.17, 15) is 19.2 Å². The number of ketones is 2. The molecule has 0 saturated carbocycles. The van der Waals surface area contributed by atoms with Crippen LogP contribution in [0, 0.1) is 0 Å². The molecule has 0 aliphatic rings. The van der Waals surface area contributed by atoms with E-state index in [-0.39, 0.29) is 0 Å². The van der Waals surface area contributed by atoms with Gasteiger partial charge in [-0.15, -0.1) is 0 Å². The first-order valence-corrected chi connectivity index (χ1v) is 3.13. The largest absolute Gasteiger partial charge is 0.478 e. The second-order valence-electron chi connectivity index (χ2n) is 2.04. The summed E-state index contributed by atoms with van der Waals surface area (Å²) >= 11 is 0. The predicted octanol–water partition coefficient (Wildman–Crippen LogP) is -0.760. The van der Waals surface area contributed by atoms with Gasteiger partial charge < -0.3 is 10.2 Å². The fraction of sp³-hybridized carbons (Fsp3) is 0.143. The van der Waals surface area contributed by atoms with E-state index in [2.05, 4.69) is 0 Å². The minimum atomic E-state index is -1.71. The average Bonchev–Trinajstić information content (AvgIpc) is 2.00. The van der Waals surface area contributed by atoms with E-state index in [0.29, 0.717) is 12.2 Å². The van der Waals surface area contributed by atoms with Gasteiger partial charge in [-0.25, -0.2) is 9.59 Å². The minimum Gasteiger partial charge on any atom is -0.478 e. The van der Waals surface area contributed by atoms with Crippen LogP contribution in [0.2, 0.25) is 0 Å². The number of allylic oxidation sites excluding steroid dienone is 1. The molecule has 0 heterocycles. The number of hydrogen-bond acceptors (Lipinski definition) is 4. The highest BCUT2D eigenvalue weighted by atomic mass is 16.4. The molecule has 6 nitrogen and oxygen atoms in total. The van der Waals surface area contributed by atoms with Crippen molar-refractivity contribution in [3.8, 4) is 0 Å². The lowest BCUT2D eigenvalue weighted by atomic mass is 10.2. The van der Waals surface area contributed by atoms with E-state index in [1.165, 1.54) is 0 Å². The molecular weight excluding hydrogens is 180 g/mol. The molecule has 0 saturated heterocycles. The highest BCUT2D eigenvalue weighted by molar-refractivity contribution is 6.37. The van der Waals surface area contributed by atoms with Crippen molar-refractivity contribution in [3.05, 3.63) is 12.2 Å². The number of aliphatic carboxylic acids is 2. The summed E-state index contributed by atoms with van der Waals surface area (Å²) in [5.41, 5.74) is 0. The molecule has 0 atom stereocenters. The molecule has 0 spiro atoms. The van der Waals surface area contributed by atoms with Crippen molar-refractivity contribution in [3.63, 3.8) is 0 Å². The first kappa shape index (κ1) is 11.0. The molecule has 0 aliphatic carbocycles. The molecule has 0 amide bonds. The Hall–Kier alpha value is -1.98. The van der Waals surface area contributed by atoms with Crippen LogP contribution in [0.5, 0.6) is 0 Å². The quantitative estimate of drug-likeness (QED) is 0.332. The molecule has 70 valence electrons. The van der Waals surface area contributed by atoms with Gasteiger partial charge in [0, 0.05) is 6.08 Å². The van der Waals surface area contributed by atoms with Crippen molar-refractivity contribution in [2.24, 2.45) is 0 Å². The summed E-state index contributed by atoms with van der Waals surface area (Å²) in [5.74, 6) is -5.16. The summed E-state index contributed by atoms with van der Waals surface area (Å²) in [7, 11) is 0. The Morgan fingerprint density at radius 2 is 1.54 bits per heavy atom. The molecule has 0 aromatic rings. The third-order valence-corrected chi connectivity index (χ3v) is 0.985. The van der Waals surface area contributed by atoms with Gasteiger partial charge in [-0.05, 0) is 6.08 Å². The molecule has 0 bridgehead atoms. The highest BCUT2D eigenvalue weighted by Gasteiger charge is 2.14. The van der Waals surface area contributed by atoms with E-state index < -0.39 is 29.9 Å². The van der Waals surface area contributed by atoms with Crippen LogP contribution in [0.4, 0.5) is 0 Å². The van der Waals surface area contributed by atoms with Crippen LogP contribution in [0.25, 0.3) is 0 Å². The lowest BCUT2D eigenvalue weighted by molar-refractivity contribution is -0.149. The molecular formula is C7H6O6. The third kappa shape index (κ3) is 5.31. The first-order chi connectivity index (χ1) is 5.93. The molecule has 2 N–H and O–H groups in total. The van der Waals surface area contributed by atoms with Crippen molar-refractivity contribution >= 4 is 23.5 Å². The maximum atomic E-state index is 10.6. The van der Waals surface area contributed by atoms with E-state index in [0.717, 1.165) is 0 Å². The Morgan fingerprint density at radius 3 is 1.92 bits per heavy atom. The Kier molecular flexibility index (Phi) is 4.08. The molecule has 0 aliphatic heterocycles. The predicted molar refractivity (Wildman–Crippen MR) is 39.0 cm³/mol. The summed E-state index contributed by atoms with van der Waals surface area (Å²) in [6.07, 6.45) is 0.361. The van der Waals surface area contributed by atoms with Crippen LogP contribution in [0.1, 0.15) is 6.42 Å². The zero-order valence-electron chi connectivity index (χ0n) is 6.39. The van der Waals surface area contributed by atoms with E-state index in [1.807, 2.05) is 0 Å². The number of carbonyl (C=O) groups is 4. The molecule has 0 fully saturated rings. The van der Waals surface area contributed by atoms with Crippen molar-refractivity contribution in [1.29, 1.82) is 0 Å². The smallest absolute Gasteiger partial charge is 0.372 e. The zero-order valence-corrected chi connectivity index (χ0v) is 6.39. The van der Waals surface area contributed by atoms with Crippen LogP contribution in [0.15, 0.2) is 12.2 Å². The maximum absolute atomic E-state index is 10.6. The van der Waals surface area contributed by atoms with Gasteiger partial charge in [0.25, 0.3) is 0 Å². The third-order valence-electron chi connectivity index (χ3n) is 0.985. The van der Waals surface area contributed by atoms with Gasteiger partial charge >= 0.3 is 11.9 Å². The summed E-state index contributed by atoms with van der Waals surface area (Å²) in [6.45, 7) is 0. The molecule has 13 heavy (non-hydrogen) atoms. The normalized spacial score (nSPS) is 9.85. The molecule has 0 aromatic carbocycles. The number of Topliss-reactive ketones (excluding diaryl/α,β-unsaturated/α-hetero) is 1. The second-order valence-corrected chi connectivity index (χ2v) is 2.04. The molecule has 0 rings (SSSR count). The van der Waals surface area contributed by atoms with Crippen molar-refractivity contribution in [2.45, 2.75) is 6.42 Å². The number of carbonyl (C=O) groups excluding carboxylic acids is 2. The van der Waals surface area contributed by atoms with Crippen molar-refractivity contribution < 1.29 is 29.4 Å². The summed E-state index contributed by atoms with van der Waals surface area (Å²) in [5, 5.41) is 16.1. The van der Waals surface area contributed by atoms with Gasteiger partial charge in [-0.2, -0.15) is 0 Å². The molecule has 0 unspecified atom stereocenters. The number of rotatable bonds is 5. The van der Waals surface area contributed by atoms with Gasteiger partial charge in [-0.1, -0.05) is 0 Å². The Labute approximate surface area is 72.5 Å². The van der Waals surface area contributed by atoms with Crippen molar-refractivity contribution in [1.82, 2.24) is 0 Å². The fourth-order valence-electron chi connectivity index (χ4n) is 0.457. The Bertz CT molecular complexity index is 287. The van der Waals surface area contributed by atoms with Crippen LogP contribution < -0.4 is 0 Å². The Balaban J connectivity index is 4.10. The van der Waals surface area contributed by atoms with Gasteiger partial charge in [-0.3, -0.25) is 9.59 Å². The summed E-state index contributed by atoms with van der Waals surface area (Å²) < 4.78 is 0. The number of hydrogen-bond donors (Lipinski definition) is 2. The van der Waals surface area contributed by atoms with Gasteiger partial charge in [0.1, 0.15) is 0 Å². The van der Waals surface area contributed by atoms with E-state index in [1.54, 1.807) is 0 Å². The maximum Gasteiger partial charge on any atom is 0.372 e. The topological polar surface area (TPSA) is 109 Å². The van der Waals surface area contributed by atoms with Crippen LogP contribution in [0.3, 0.4) is 0 Å². The van der Waals surface area contributed by atoms with Gasteiger partial charge in [0.2, 0.25) is 5.78 Å². The molecule has 0 aromatic heterocycles.